The molecule has 0 radical (unpaired) electrons. The van der Waals surface area contributed by atoms with E-state index in [9.17, 15) is 9.90 Å². The lowest BCUT2D eigenvalue weighted by Crippen LogP contribution is -2.26. The average Bonchev–Trinajstić information content (AvgIpc) is 3.68. The van der Waals surface area contributed by atoms with Crippen molar-refractivity contribution < 1.29 is 9.90 Å². The van der Waals surface area contributed by atoms with Crippen LogP contribution in [0.5, 0.6) is 5.75 Å². The van der Waals surface area contributed by atoms with E-state index < -0.39 is 0 Å². The largest absolute Gasteiger partial charge is 0.507 e. The number of pyridine rings is 1. The summed E-state index contributed by atoms with van der Waals surface area (Å²) in [5.41, 5.74) is 5.06. The number of carbonyl (C=O) groups is 1. The summed E-state index contributed by atoms with van der Waals surface area (Å²) >= 11 is 0. The van der Waals surface area contributed by atoms with Crippen LogP contribution in [0.25, 0.3) is 39.1 Å². The summed E-state index contributed by atoms with van der Waals surface area (Å²) in [7, 11) is 0. The topological polar surface area (TPSA) is 122 Å². The molecule has 6 rings (SSSR count). The summed E-state index contributed by atoms with van der Waals surface area (Å²) < 4.78 is 1.69. The molecule has 9 heteroatoms. The monoisotopic (exact) mass is 493 g/mol. The number of hydrogen-bond donors (Lipinski definition) is 3. The second-order valence-corrected chi connectivity index (χ2v) is 9.33. The van der Waals surface area contributed by atoms with Crippen molar-refractivity contribution in [2.45, 2.75) is 38.5 Å². The zero-order valence-electron chi connectivity index (χ0n) is 20.5. The third-order valence-electron chi connectivity index (χ3n) is 7.03. The fourth-order valence-electron chi connectivity index (χ4n) is 5.20. The Balaban J connectivity index is 1.49. The van der Waals surface area contributed by atoms with Crippen LogP contribution in [0.3, 0.4) is 0 Å². The Labute approximate surface area is 213 Å². The quantitative estimate of drug-likeness (QED) is 0.307. The van der Waals surface area contributed by atoms with Gasteiger partial charge in [-0.15, -0.1) is 10.2 Å². The third kappa shape index (κ3) is 4.12. The van der Waals surface area contributed by atoms with E-state index in [1.165, 1.54) is 12.8 Å². The maximum absolute atomic E-state index is 12.9. The van der Waals surface area contributed by atoms with Gasteiger partial charge < -0.3 is 10.4 Å². The number of aromatic hydroxyl groups is 1. The number of H-pyrrole nitrogens is 1. The van der Waals surface area contributed by atoms with Gasteiger partial charge in [-0.05, 0) is 61.2 Å². The Kier molecular flexibility index (Phi) is 5.88. The molecule has 0 atom stereocenters. The highest BCUT2D eigenvalue weighted by molar-refractivity contribution is 5.93. The van der Waals surface area contributed by atoms with Crippen LogP contribution in [-0.2, 0) is 0 Å². The Morgan fingerprint density at radius 3 is 2.51 bits per heavy atom. The van der Waals surface area contributed by atoms with Gasteiger partial charge in [0.05, 0.1) is 16.8 Å². The number of nitrogens with one attached hydrogen (secondary N) is 2. The van der Waals surface area contributed by atoms with Crippen molar-refractivity contribution in [2.24, 2.45) is 0 Å². The fraction of sp³-hybridized carbons (Fsp3) is 0.250. The standard InChI is InChI=1S/C28H27N7O2/c1-2-30-28(37)27-34-33-26(35(27)20-9-7-17(8-10-20)18-11-13-29-14-12-18)22-15-21-23(16-24(22)36)31-32-25(21)19-5-3-4-6-19/h7-16,19,36H,2-6H2,1H3,(H,30,37)(H,31,32). The molecule has 1 fully saturated rings. The van der Waals surface area contributed by atoms with Crippen molar-refractivity contribution in [3.05, 3.63) is 72.4 Å². The van der Waals surface area contributed by atoms with Crippen LogP contribution in [0.15, 0.2) is 60.9 Å². The second kappa shape index (κ2) is 9.50. The van der Waals surface area contributed by atoms with E-state index in [4.69, 9.17) is 0 Å². The van der Waals surface area contributed by atoms with Crippen LogP contribution in [0.2, 0.25) is 0 Å². The van der Waals surface area contributed by atoms with Gasteiger partial charge >= 0.3 is 0 Å². The molecule has 0 saturated heterocycles. The van der Waals surface area contributed by atoms with Gasteiger partial charge in [-0.2, -0.15) is 5.10 Å². The van der Waals surface area contributed by atoms with Crippen molar-refractivity contribution in [1.29, 1.82) is 0 Å². The normalized spacial score (nSPS) is 13.9. The number of phenols is 1. The van der Waals surface area contributed by atoms with Crippen LogP contribution < -0.4 is 5.32 Å². The molecule has 1 aliphatic rings. The highest BCUT2D eigenvalue weighted by atomic mass is 16.3. The van der Waals surface area contributed by atoms with Gasteiger partial charge in [0.2, 0.25) is 5.82 Å². The number of carbonyl (C=O) groups excluding carboxylic acids is 1. The molecular formula is C28H27N7O2. The molecule has 0 aliphatic heterocycles. The lowest BCUT2D eigenvalue weighted by atomic mass is 9.99. The minimum Gasteiger partial charge on any atom is -0.507 e. The molecule has 1 aliphatic carbocycles. The van der Waals surface area contributed by atoms with E-state index in [-0.39, 0.29) is 17.5 Å². The lowest BCUT2D eigenvalue weighted by molar-refractivity contribution is 0.0943. The van der Waals surface area contributed by atoms with Crippen LogP contribution in [-0.4, -0.2) is 47.5 Å². The maximum Gasteiger partial charge on any atom is 0.289 e. The number of fused-ring (bicyclic) bond motifs is 1. The SMILES string of the molecule is CCNC(=O)c1nnc(-c2cc3c(C4CCCC4)n[nH]c3cc2O)n1-c1ccc(-c2ccncc2)cc1. The molecule has 9 nitrogen and oxygen atoms in total. The predicted molar refractivity (Wildman–Crippen MR) is 141 cm³/mol. The first-order valence-corrected chi connectivity index (χ1v) is 12.6. The molecule has 1 saturated carbocycles. The number of rotatable bonds is 6. The molecule has 2 aromatic carbocycles. The molecule has 5 aromatic rings. The first kappa shape index (κ1) is 22.9. The number of benzene rings is 2. The summed E-state index contributed by atoms with van der Waals surface area (Å²) in [6, 6.07) is 15.3. The van der Waals surface area contributed by atoms with Gasteiger partial charge in [0, 0.05) is 42.0 Å². The number of nitrogens with zero attached hydrogens (tertiary/aromatic N) is 5. The van der Waals surface area contributed by atoms with Crippen molar-refractivity contribution in [3.63, 3.8) is 0 Å². The van der Waals surface area contributed by atoms with Gasteiger partial charge in [0.25, 0.3) is 5.91 Å². The van der Waals surface area contributed by atoms with Crippen LogP contribution in [0.1, 0.15) is 54.8 Å². The van der Waals surface area contributed by atoms with Gasteiger partial charge in [-0.1, -0.05) is 25.0 Å². The number of phenolic OH excluding ortho intramolecular Hbond substituents is 1. The predicted octanol–water partition coefficient (Wildman–Crippen LogP) is 4.99. The zero-order chi connectivity index (χ0) is 25.4. The molecule has 0 spiro atoms. The highest BCUT2D eigenvalue weighted by Gasteiger charge is 2.26. The van der Waals surface area contributed by atoms with E-state index >= 15 is 0 Å². The van der Waals surface area contributed by atoms with E-state index in [1.54, 1.807) is 23.0 Å². The molecule has 0 bridgehead atoms. The Morgan fingerprint density at radius 2 is 1.78 bits per heavy atom. The van der Waals surface area contributed by atoms with Gasteiger partial charge in [-0.25, -0.2) is 0 Å². The number of aromatic amines is 1. The molecule has 3 heterocycles. The minimum atomic E-state index is -0.338. The summed E-state index contributed by atoms with van der Waals surface area (Å²) in [5.74, 6) is 0.636. The number of hydrogen-bond acceptors (Lipinski definition) is 6. The number of aromatic nitrogens is 6. The van der Waals surface area contributed by atoms with Gasteiger partial charge in [-0.3, -0.25) is 19.4 Å². The Bertz CT molecular complexity index is 1570. The third-order valence-corrected chi connectivity index (χ3v) is 7.03. The summed E-state index contributed by atoms with van der Waals surface area (Å²) in [5, 5.41) is 31.1. The van der Waals surface area contributed by atoms with Crippen LogP contribution >= 0.6 is 0 Å². The van der Waals surface area contributed by atoms with E-state index in [0.717, 1.165) is 40.6 Å². The van der Waals surface area contributed by atoms with E-state index in [0.29, 0.717) is 29.5 Å². The first-order chi connectivity index (χ1) is 18.1. The Hall–Kier alpha value is -4.53. The second-order valence-electron chi connectivity index (χ2n) is 9.33. The molecule has 186 valence electrons. The van der Waals surface area contributed by atoms with E-state index in [1.807, 2.05) is 49.4 Å². The number of amides is 1. The minimum absolute atomic E-state index is 0.0404. The molecular weight excluding hydrogens is 466 g/mol. The summed E-state index contributed by atoms with van der Waals surface area (Å²) in [6.45, 7) is 2.31. The molecule has 0 unspecified atom stereocenters. The maximum atomic E-state index is 12.9. The molecule has 1 amide bonds. The highest BCUT2D eigenvalue weighted by Crippen LogP contribution is 2.40. The van der Waals surface area contributed by atoms with Gasteiger partial charge in [0.1, 0.15) is 5.75 Å². The first-order valence-electron chi connectivity index (χ1n) is 12.6. The zero-order valence-corrected chi connectivity index (χ0v) is 20.5. The fourth-order valence-corrected chi connectivity index (χ4v) is 5.20. The van der Waals surface area contributed by atoms with Crippen LogP contribution in [0, 0.1) is 0 Å². The van der Waals surface area contributed by atoms with Crippen LogP contribution in [0.4, 0.5) is 0 Å². The van der Waals surface area contributed by atoms with Crippen molar-refractivity contribution in [2.75, 3.05) is 6.54 Å². The summed E-state index contributed by atoms with van der Waals surface area (Å²) in [4.78, 5) is 17.0. The average molecular weight is 494 g/mol. The van der Waals surface area contributed by atoms with Crippen molar-refractivity contribution >= 4 is 16.8 Å². The molecule has 3 N–H and O–H groups in total. The van der Waals surface area contributed by atoms with Crippen molar-refractivity contribution in [1.82, 2.24) is 35.3 Å². The smallest absolute Gasteiger partial charge is 0.289 e. The lowest BCUT2D eigenvalue weighted by Gasteiger charge is -2.13. The summed E-state index contributed by atoms with van der Waals surface area (Å²) in [6.07, 6.45) is 8.12. The van der Waals surface area contributed by atoms with Gasteiger partial charge in [0.15, 0.2) is 5.82 Å². The molecule has 37 heavy (non-hydrogen) atoms. The Morgan fingerprint density at radius 1 is 1.05 bits per heavy atom. The van der Waals surface area contributed by atoms with E-state index in [2.05, 4.69) is 30.7 Å². The van der Waals surface area contributed by atoms with Crippen molar-refractivity contribution in [3.8, 4) is 34.0 Å². The molecule has 3 aromatic heterocycles.